The molecule has 9 rings (SSSR count). The summed E-state index contributed by atoms with van der Waals surface area (Å²) < 4.78 is 2.63. The lowest BCUT2D eigenvalue weighted by atomic mass is 9.90. The molecule has 0 saturated carbocycles. The number of rotatable bonds is 4. The normalized spacial score (nSPS) is 11.6. The Kier molecular flexibility index (Phi) is 6.00. The highest BCUT2D eigenvalue weighted by Crippen LogP contribution is 2.45. The average Bonchev–Trinajstić information content (AvgIpc) is 3.51. The molecular formula is C41H25N3S. The summed E-state index contributed by atoms with van der Waals surface area (Å²) in [6.07, 6.45) is 0. The average molecular weight is 592 g/mol. The van der Waals surface area contributed by atoms with Gasteiger partial charge in [-0.25, -0.2) is 15.0 Å². The number of hydrogen-bond donors (Lipinski definition) is 0. The molecule has 0 spiro atoms. The fourth-order valence-electron chi connectivity index (χ4n) is 6.43. The van der Waals surface area contributed by atoms with E-state index < -0.39 is 0 Å². The summed E-state index contributed by atoms with van der Waals surface area (Å²) in [7, 11) is 0. The van der Waals surface area contributed by atoms with Crippen molar-refractivity contribution < 1.29 is 0 Å². The minimum Gasteiger partial charge on any atom is -0.208 e. The predicted octanol–water partition coefficient (Wildman–Crippen LogP) is 11.2. The SMILES string of the molecule is c1ccc(-c2nc(-c3ccccc3)nc(-c3ccccc3-c3cc4ccccc4c4c3ccc3c5ccccc5sc34)n2)cc1. The highest BCUT2D eigenvalue weighted by Gasteiger charge is 2.19. The molecule has 0 bridgehead atoms. The number of hydrogen-bond acceptors (Lipinski definition) is 4. The topological polar surface area (TPSA) is 38.7 Å². The molecule has 2 heterocycles. The van der Waals surface area contributed by atoms with Crippen molar-refractivity contribution in [2.24, 2.45) is 0 Å². The van der Waals surface area contributed by atoms with Crippen LogP contribution in [0.2, 0.25) is 0 Å². The minimum absolute atomic E-state index is 0.655. The summed E-state index contributed by atoms with van der Waals surface area (Å²) in [5.41, 5.74) is 5.15. The highest BCUT2D eigenvalue weighted by molar-refractivity contribution is 7.26. The van der Waals surface area contributed by atoms with Gasteiger partial charge in [0.1, 0.15) is 0 Å². The number of thiophene rings is 1. The molecule has 2 aromatic heterocycles. The summed E-state index contributed by atoms with van der Waals surface area (Å²) in [5.74, 6) is 1.97. The molecule has 210 valence electrons. The second kappa shape index (κ2) is 10.5. The third kappa shape index (κ3) is 4.30. The summed E-state index contributed by atoms with van der Waals surface area (Å²) in [4.78, 5) is 15.1. The van der Waals surface area contributed by atoms with Gasteiger partial charge in [0.05, 0.1) is 0 Å². The zero-order chi connectivity index (χ0) is 29.7. The van der Waals surface area contributed by atoms with Crippen molar-refractivity contribution in [3.8, 4) is 45.3 Å². The molecular weight excluding hydrogens is 567 g/mol. The summed E-state index contributed by atoms with van der Waals surface area (Å²) >= 11 is 1.88. The monoisotopic (exact) mass is 591 g/mol. The molecule has 0 atom stereocenters. The zero-order valence-electron chi connectivity index (χ0n) is 24.2. The third-order valence-corrected chi connectivity index (χ3v) is 9.73. The highest BCUT2D eigenvalue weighted by atomic mass is 32.1. The van der Waals surface area contributed by atoms with Crippen LogP contribution in [0.5, 0.6) is 0 Å². The molecule has 0 aliphatic heterocycles. The van der Waals surface area contributed by atoms with Gasteiger partial charge in [0.2, 0.25) is 0 Å². The lowest BCUT2D eigenvalue weighted by molar-refractivity contribution is 1.07. The number of aromatic nitrogens is 3. The quantitative estimate of drug-likeness (QED) is 0.191. The third-order valence-electron chi connectivity index (χ3n) is 8.52. The van der Waals surface area contributed by atoms with Crippen molar-refractivity contribution in [1.29, 1.82) is 0 Å². The van der Waals surface area contributed by atoms with Crippen LogP contribution in [0.25, 0.3) is 87.0 Å². The Hall–Kier alpha value is -5.71. The van der Waals surface area contributed by atoms with Gasteiger partial charge in [-0.3, -0.25) is 0 Å². The van der Waals surface area contributed by atoms with E-state index in [1.807, 2.05) is 72.0 Å². The number of nitrogens with zero attached hydrogens (tertiary/aromatic N) is 3. The van der Waals surface area contributed by atoms with Crippen molar-refractivity contribution in [2.45, 2.75) is 0 Å². The molecule has 3 nitrogen and oxygen atoms in total. The maximum Gasteiger partial charge on any atom is 0.164 e. The van der Waals surface area contributed by atoms with Crippen LogP contribution in [-0.4, -0.2) is 15.0 Å². The van der Waals surface area contributed by atoms with Crippen LogP contribution in [0, 0.1) is 0 Å². The molecule has 0 saturated heterocycles. The minimum atomic E-state index is 0.655. The zero-order valence-corrected chi connectivity index (χ0v) is 25.0. The number of fused-ring (bicyclic) bond motifs is 7. The summed E-state index contributed by atoms with van der Waals surface area (Å²) in [5, 5.41) is 7.61. The standard InChI is InChI=1S/C41H25N3S/c1-3-13-26(14-4-1)39-42-40(27-15-5-2-6-16-27)44-41(43-39)34-21-10-9-19-30(34)35-25-28-17-7-8-18-29(28)37-32(35)23-24-33-31-20-11-12-22-36(31)45-38(33)37/h1-25H. The van der Waals surface area contributed by atoms with Crippen molar-refractivity contribution in [1.82, 2.24) is 15.0 Å². The lowest BCUT2D eigenvalue weighted by Gasteiger charge is -2.16. The van der Waals surface area contributed by atoms with E-state index in [1.54, 1.807) is 0 Å². The lowest BCUT2D eigenvalue weighted by Crippen LogP contribution is -2.01. The van der Waals surface area contributed by atoms with Crippen LogP contribution in [0.15, 0.2) is 152 Å². The Morgan fingerprint density at radius 1 is 0.378 bits per heavy atom. The van der Waals surface area contributed by atoms with Crippen LogP contribution in [0.1, 0.15) is 0 Å². The second-order valence-corrected chi connectivity index (χ2v) is 12.2. The van der Waals surface area contributed by atoms with Crippen LogP contribution in [0.4, 0.5) is 0 Å². The van der Waals surface area contributed by atoms with Gasteiger partial charge < -0.3 is 0 Å². The van der Waals surface area contributed by atoms with E-state index in [0.717, 1.165) is 22.3 Å². The fraction of sp³-hybridized carbons (Fsp3) is 0. The largest absolute Gasteiger partial charge is 0.208 e. The Morgan fingerprint density at radius 3 is 1.67 bits per heavy atom. The molecule has 0 N–H and O–H groups in total. The van der Waals surface area contributed by atoms with E-state index in [0.29, 0.717) is 17.5 Å². The molecule has 0 amide bonds. The molecule has 9 aromatic rings. The molecule has 0 fully saturated rings. The molecule has 4 heteroatoms. The van der Waals surface area contributed by atoms with Gasteiger partial charge >= 0.3 is 0 Å². The second-order valence-electron chi connectivity index (χ2n) is 11.2. The first-order valence-electron chi connectivity index (χ1n) is 15.0. The van der Waals surface area contributed by atoms with Crippen molar-refractivity contribution in [3.63, 3.8) is 0 Å². The van der Waals surface area contributed by atoms with Crippen molar-refractivity contribution in [3.05, 3.63) is 152 Å². The van der Waals surface area contributed by atoms with Gasteiger partial charge in [-0.1, -0.05) is 140 Å². The van der Waals surface area contributed by atoms with Crippen LogP contribution >= 0.6 is 11.3 Å². The smallest absolute Gasteiger partial charge is 0.164 e. The Labute approximate surface area is 264 Å². The van der Waals surface area contributed by atoms with E-state index >= 15 is 0 Å². The predicted molar refractivity (Wildman–Crippen MR) is 189 cm³/mol. The molecule has 0 unspecified atom stereocenters. The first-order chi connectivity index (χ1) is 22.3. The van der Waals surface area contributed by atoms with Crippen molar-refractivity contribution >= 4 is 53.1 Å². The molecule has 7 aromatic carbocycles. The molecule has 0 aliphatic rings. The van der Waals surface area contributed by atoms with E-state index in [9.17, 15) is 0 Å². The Morgan fingerprint density at radius 2 is 0.933 bits per heavy atom. The summed E-state index contributed by atoms with van der Waals surface area (Å²) in [6.45, 7) is 0. The van der Waals surface area contributed by atoms with Gasteiger partial charge in [0.15, 0.2) is 17.5 Å². The Balaban J connectivity index is 1.34. The maximum atomic E-state index is 5.09. The van der Waals surface area contributed by atoms with Gasteiger partial charge in [0.25, 0.3) is 0 Å². The van der Waals surface area contributed by atoms with E-state index in [2.05, 4.69) is 91.0 Å². The summed E-state index contributed by atoms with van der Waals surface area (Å²) in [6, 6.07) is 53.2. The van der Waals surface area contributed by atoms with Crippen LogP contribution < -0.4 is 0 Å². The molecule has 0 radical (unpaired) electrons. The first kappa shape index (κ1) is 25.8. The number of benzene rings is 7. The molecule has 45 heavy (non-hydrogen) atoms. The molecule has 0 aliphatic carbocycles. The fourth-order valence-corrected chi connectivity index (χ4v) is 7.69. The van der Waals surface area contributed by atoms with E-state index in [4.69, 9.17) is 15.0 Å². The van der Waals surface area contributed by atoms with Crippen LogP contribution in [-0.2, 0) is 0 Å². The van der Waals surface area contributed by atoms with Crippen LogP contribution in [0.3, 0.4) is 0 Å². The van der Waals surface area contributed by atoms with Crippen molar-refractivity contribution in [2.75, 3.05) is 0 Å². The van der Waals surface area contributed by atoms with Gasteiger partial charge in [0, 0.05) is 42.2 Å². The van der Waals surface area contributed by atoms with E-state index in [1.165, 1.54) is 47.3 Å². The Bertz CT molecular complexity index is 2480. The van der Waals surface area contributed by atoms with E-state index in [-0.39, 0.29) is 0 Å². The van der Waals surface area contributed by atoms with Gasteiger partial charge in [-0.15, -0.1) is 11.3 Å². The van der Waals surface area contributed by atoms with Gasteiger partial charge in [-0.2, -0.15) is 0 Å². The van der Waals surface area contributed by atoms with Gasteiger partial charge in [-0.05, 0) is 39.4 Å². The first-order valence-corrected chi connectivity index (χ1v) is 15.9. The maximum absolute atomic E-state index is 5.09.